The molecule has 8 nitrogen and oxygen atoms in total. The quantitative estimate of drug-likeness (QED) is 0.332. The van der Waals surface area contributed by atoms with Gasteiger partial charge in [0.25, 0.3) is 11.1 Å². The van der Waals surface area contributed by atoms with E-state index in [1.807, 2.05) is 0 Å². The average molecular weight is 521 g/mol. The predicted octanol–water partition coefficient (Wildman–Crippen LogP) is 4.11. The first kappa shape index (κ1) is 24.3. The molecule has 176 valence electrons. The zero-order valence-corrected chi connectivity index (χ0v) is 20.0. The summed E-state index contributed by atoms with van der Waals surface area (Å²) in [5, 5.41) is 0.0379. The Labute approximate surface area is 209 Å². The molecular weight excluding hydrogens is 503 g/mol. The summed E-state index contributed by atoms with van der Waals surface area (Å²) in [6.45, 7) is 1.40. The maximum atomic E-state index is 12.8. The molecule has 0 spiro atoms. The molecule has 2 fully saturated rings. The van der Waals surface area contributed by atoms with Crippen LogP contribution in [-0.4, -0.2) is 65.7 Å². The Morgan fingerprint density at radius 2 is 1.85 bits per heavy atom. The number of esters is 1. The summed E-state index contributed by atoms with van der Waals surface area (Å²) < 4.78 is 10.6. The van der Waals surface area contributed by atoms with Crippen molar-refractivity contribution < 1.29 is 28.7 Å². The lowest BCUT2D eigenvalue weighted by atomic mass is 10.2. The molecule has 2 aromatic carbocycles. The van der Waals surface area contributed by atoms with Gasteiger partial charge in [0.1, 0.15) is 12.3 Å². The fourth-order valence-electron chi connectivity index (χ4n) is 3.32. The average Bonchev–Trinajstić information content (AvgIpc) is 3.07. The van der Waals surface area contributed by atoms with Crippen LogP contribution in [0.5, 0.6) is 5.75 Å². The molecule has 0 N–H and O–H groups in total. The van der Waals surface area contributed by atoms with Crippen LogP contribution >= 0.6 is 35.0 Å². The van der Waals surface area contributed by atoms with Gasteiger partial charge >= 0.3 is 5.97 Å². The van der Waals surface area contributed by atoms with Crippen molar-refractivity contribution in [3.63, 3.8) is 0 Å². The molecule has 4 rings (SSSR count). The summed E-state index contributed by atoms with van der Waals surface area (Å²) in [7, 11) is 0. The molecule has 0 aliphatic carbocycles. The Kier molecular flexibility index (Phi) is 7.57. The second kappa shape index (κ2) is 10.6. The lowest BCUT2D eigenvalue weighted by Crippen LogP contribution is -2.46. The van der Waals surface area contributed by atoms with Crippen LogP contribution in [0.25, 0.3) is 6.08 Å². The Hall–Kier alpha value is -2.85. The lowest BCUT2D eigenvalue weighted by molar-refractivity contribution is -0.139. The summed E-state index contributed by atoms with van der Waals surface area (Å²) in [5.74, 6) is -1.29. The number of carbonyl (C=O) groups excluding carboxylic acids is 4. The molecular formula is C23H18Cl2N2O6S. The second-order valence-corrected chi connectivity index (χ2v) is 9.18. The second-order valence-electron chi connectivity index (χ2n) is 7.35. The smallest absolute Gasteiger partial charge is 0.345 e. The number of ether oxygens (including phenoxy) is 2. The van der Waals surface area contributed by atoms with Crippen molar-refractivity contribution in [3.05, 3.63) is 68.5 Å². The zero-order valence-electron chi connectivity index (χ0n) is 17.7. The van der Waals surface area contributed by atoms with Crippen LogP contribution in [0.15, 0.2) is 47.4 Å². The normalized spacial score (nSPS) is 17.4. The molecule has 2 heterocycles. The zero-order chi connectivity index (χ0) is 24.2. The first-order valence-electron chi connectivity index (χ1n) is 10.2. The molecule has 0 unspecified atom stereocenters. The summed E-state index contributed by atoms with van der Waals surface area (Å²) in [6.07, 6.45) is 1.51. The molecule has 0 bridgehead atoms. The third-order valence-electron chi connectivity index (χ3n) is 5.05. The van der Waals surface area contributed by atoms with Crippen LogP contribution in [-0.2, 0) is 14.3 Å². The van der Waals surface area contributed by atoms with Gasteiger partial charge < -0.3 is 14.4 Å². The maximum absolute atomic E-state index is 12.8. The summed E-state index contributed by atoms with van der Waals surface area (Å²) in [5.41, 5.74) is 0.694. The number of nitrogens with zero attached hydrogens (tertiary/aromatic N) is 2. The van der Waals surface area contributed by atoms with Crippen LogP contribution in [0, 0.1) is 0 Å². The number of carbonyl (C=O) groups is 4. The molecule has 0 aromatic heterocycles. The number of halogens is 2. The minimum absolute atomic E-state index is 0.155. The SMILES string of the molecule is O=C(Oc1cccc(/C=C2\SC(=O)N(CC(=O)N3CCOCC3)C2=O)c1)c1ccc(Cl)cc1Cl. The molecule has 3 amide bonds. The minimum Gasteiger partial charge on any atom is -0.423 e. The highest BCUT2D eigenvalue weighted by atomic mass is 35.5. The summed E-state index contributed by atoms with van der Waals surface area (Å²) in [4.78, 5) is 52.7. The molecule has 2 aliphatic rings. The monoisotopic (exact) mass is 520 g/mol. The fourth-order valence-corrected chi connectivity index (χ4v) is 4.64. The van der Waals surface area contributed by atoms with E-state index in [-0.39, 0.29) is 33.7 Å². The number of thioether (sulfide) groups is 1. The summed E-state index contributed by atoms with van der Waals surface area (Å²) in [6, 6.07) is 10.9. The molecule has 11 heteroatoms. The number of amides is 3. The number of benzene rings is 2. The Morgan fingerprint density at radius 3 is 2.59 bits per heavy atom. The Morgan fingerprint density at radius 1 is 1.09 bits per heavy atom. The van der Waals surface area contributed by atoms with Crippen molar-refractivity contribution in [2.24, 2.45) is 0 Å². The van der Waals surface area contributed by atoms with Crippen molar-refractivity contribution in [2.45, 2.75) is 0 Å². The molecule has 0 atom stereocenters. The van der Waals surface area contributed by atoms with Gasteiger partial charge in [0.2, 0.25) is 5.91 Å². The highest BCUT2D eigenvalue weighted by molar-refractivity contribution is 8.18. The van der Waals surface area contributed by atoms with Gasteiger partial charge in [0.05, 0.1) is 28.7 Å². The van der Waals surface area contributed by atoms with Crippen molar-refractivity contribution in [3.8, 4) is 5.75 Å². The van der Waals surface area contributed by atoms with Crippen molar-refractivity contribution in [1.82, 2.24) is 9.80 Å². The van der Waals surface area contributed by atoms with E-state index in [1.54, 1.807) is 29.2 Å². The van der Waals surface area contributed by atoms with E-state index < -0.39 is 17.1 Å². The van der Waals surface area contributed by atoms with E-state index in [0.717, 1.165) is 16.7 Å². The molecule has 2 aromatic rings. The van der Waals surface area contributed by atoms with Gasteiger partial charge in [-0.25, -0.2) is 4.79 Å². The van der Waals surface area contributed by atoms with Crippen molar-refractivity contribution in [2.75, 3.05) is 32.8 Å². The first-order valence-corrected chi connectivity index (χ1v) is 11.8. The van der Waals surface area contributed by atoms with Crippen LogP contribution in [0.3, 0.4) is 0 Å². The van der Waals surface area contributed by atoms with Gasteiger partial charge in [-0.1, -0.05) is 35.3 Å². The fraction of sp³-hybridized carbons (Fsp3) is 0.217. The summed E-state index contributed by atoms with van der Waals surface area (Å²) >= 11 is 12.7. The van der Waals surface area contributed by atoms with Crippen LogP contribution in [0.4, 0.5) is 4.79 Å². The number of hydrogen-bond donors (Lipinski definition) is 0. The van der Waals surface area contributed by atoms with Crippen LogP contribution in [0.1, 0.15) is 15.9 Å². The highest BCUT2D eigenvalue weighted by Gasteiger charge is 2.37. The Bertz CT molecular complexity index is 1200. The molecule has 2 saturated heterocycles. The Balaban J connectivity index is 1.45. The lowest BCUT2D eigenvalue weighted by Gasteiger charge is -2.28. The van der Waals surface area contributed by atoms with E-state index in [1.165, 1.54) is 24.3 Å². The van der Waals surface area contributed by atoms with E-state index >= 15 is 0 Å². The van der Waals surface area contributed by atoms with E-state index in [9.17, 15) is 19.2 Å². The highest BCUT2D eigenvalue weighted by Crippen LogP contribution is 2.33. The van der Waals surface area contributed by atoms with Gasteiger partial charge in [-0.3, -0.25) is 19.3 Å². The number of morpholine rings is 1. The van der Waals surface area contributed by atoms with Gasteiger partial charge in [-0.2, -0.15) is 0 Å². The van der Waals surface area contributed by atoms with Crippen LogP contribution < -0.4 is 4.74 Å². The minimum atomic E-state index is -0.666. The third-order valence-corrected chi connectivity index (χ3v) is 6.50. The van der Waals surface area contributed by atoms with Gasteiger partial charge in [0, 0.05) is 18.1 Å². The van der Waals surface area contributed by atoms with E-state index in [2.05, 4.69) is 0 Å². The number of rotatable bonds is 5. The molecule has 0 radical (unpaired) electrons. The first-order chi connectivity index (χ1) is 16.3. The van der Waals surface area contributed by atoms with E-state index in [0.29, 0.717) is 36.9 Å². The third kappa shape index (κ3) is 5.61. The molecule has 0 saturated carbocycles. The van der Waals surface area contributed by atoms with Crippen molar-refractivity contribution in [1.29, 1.82) is 0 Å². The molecule has 34 heavy (non-hydrogen) atoms. The predicted molar refractivity (Wildman–Crippen MR) is 128 cm³/mol. The van der Waals surface area contributed by atoms with Gasteiger partial charge in [-0.05, 0) is 53.7 Å². The topological polar surface area (TPSA) is 93.2 Å². The number of imide groups is 1. The standard InChI is InChI=1S/C23H18Cl2N2O6S/c24-15-4-5-17(18(25)12-15)22(30)33-16-3-1-2-14(10-16)11-19-21(29)27(23(31)34-19)13-20(28)26-6-8-32-9-7-26/h1-5,10-12H,6-9,13H2/b19-11-. The number of hydrogen-bond acceptors (Lipinski definition) is 7. The maximum Gasteiger partial charge on any atom is 0.345 e. The largest absolute Gasteiger partial charge is 0.423 e. The van der Waals surface area contributed by atoms with E-state index in [4.69, 9.17) is 32.7 Å². The molecule has 2 aliphatic heterocycles. The van der Waals surface area contributed by atoms with Crippen molar-refractivity contribution >= 4 is 64.1 Å². The van der Waals surface area contributed by atoms with Crippen LogP contribution in [0.2, 0.25) is 10.0 Å². The van der Waals surface area contributed by atoms with Gasteiger partial charge in [-0.15, -0.1) is 0 Å². The van der Waals surface area contributed by atoms with Gasteiger partial charge in [0.15, 0.2) is 0 Å².